The molecule has 0 aromatic heterocycles. The Kier molecular flexibility index (Phi) is 6.02. The summed E-state index contributed by atoms with van der Waals surface area (Å²) in [7, 11) is 0. The molecule has 1 N–H and O–H groups in total. The van der Waals surface area contributed by atoms with Gasteiger partial charge in [-0.25, -0.2) is 0 Å². The van der Waals surface area contributed by atoms with Gasteiger partial charge in [-0.2, -0.15) is 13.2 Å². The maximum atomic E-state index is 12.9. The number of hydrogen-bond acceptors (Lipinski definition) is 3. The van der Waals surface area contributed by atoms with Crippen LogP contribution >= 0.6 is 0 Å². The van der Waals surface area contributed by atoms with E-state index in [1.807, 2.05) is 0 Å². The lowest BCUT2D eigenvalue weighted by Crippen LogP contribution is -2.56. The normalized spacial score (nSPS) is 24.1. The van der Waals surface area contributed by atoms with Gasteiger partial charge in [-0.05, 0) is 30.9 Å². The number of aliphatic hydroxyl groups excluding tert-OH is 1. The zero-order valence-corrected chi connectivity index (χ0v) is 14.5. The standard InChI is InChI=1S/C19H27F3N2O/c20-19(21,22)16-5-3-4-15(12-16)13-23-9-10-24(17-6-1-2-7-17)18(14-23)8-11-25/h3-5,12,17-18,25H,1-2,6-11,13-14H2. The van der Waals surface area contributed by atoms with E-state index >= 15 is 0 Å². The Hall–Kier alpha value is -1.11. The van der Waals surface area contributed by atoms with E-state index in [1.54, 1.807) is 6.07 Å². The van der Waals surface area contributed by atoms with E-state index in [4.69, 9.17) is 0 Å². The molecular formula is C19H27F3N2O. The minimum absolute atomic E-state index is 0.158. The zero-order valence-electron chi connectivity index (χ0n) is 14.5. The molecule has 1 saturated heterocycles. The zero-order chi connectivity index (χ0) is 17.9. The van der Waals surface area contributed by atoms with Crippen LogP contribution in [0.5, 0.6) is 0 Å². The maximum Gasteiger partial charge on any atom is 0.416 e. The number of piperazine rings is 1. The highest BCUT2D eigenvalue weighted by molar-refractivity contribution is 5.25. The van der Waals surface area contributed by atoms with Crippen LogP contribution in [0.1, 0.15) is 43.2 Å². The van der Waals surface area contributed by atoms with Crippen LogP contribution in [0.2, 0.25) is 0 Å². The van der Waals surface area contributed by atoms with Crippen LogP contribution in [0, 0.1) is 0 Å². The molecule has 1 saturated carbocycles. The van der Waals surface area contributed by atoms with E-state index in [0.717, 1.165) is 32.1 Å². The van der Waals surface area contributed by atoms with Crippen LogP contribution < -0.4 is 0 Å². The van der Waals surface area contributed by atoms with Crippen LogP contribution in [-0.2, 0) is 12.7 Å². The minimum Gasteiger partial charge on any atom is -0.396 e. The van der Waals surface area contributed by atoms with Crippen molar-refractivity contribution in [1.29, 1.82) is 0 Å². The lowest BCUT2D eigenvalue weighted by atomic mass is 10.0. The van der Waals surface area contributed by atoms with Crippen molar-refractivity contribution in [2.45, 2.75) is 56.9 Å². The number of nitrogens with zero attached hydrogens (tertiary/aromatic N) is 2. The molecular weight excluding hydrogens is 329 g/mol. The second-order valence-corrected chi connectivity index (χ2v) is 7.28. The monoisotopic (exact) mass is 356 g/mol. The summed E-state index contributed by atoms with van der Waals surface area (Å²) in [6, 6.07) is 6.54. The highest BCUT2D eigenvalue weighted by Crippen LogP contribution is 2.31. The van der Waals surface area contributed by atoms with E-state index < -0.39 is 11.7 Å². The fourth-order valence-electron chi connectivity index (χ4n) is 4.30. The number of hydrogen-bond donors (Lipinski definition) is 1. The molecule has 0 radical (unpaired) electrons. The molecule has 1 aliphatic heterocycles. The first kappa shape index (κ1) is 18.7. The second kappa shape index (κ2) is 8.06. The van der Waals surface area contributed by atoms with Gasteiger partial charge in [0.1, 0.15) is 0 Å². The van der Waals surface area contributed by atoms with E-state index in [9.17, 15) is 18.3 Å². The molecule has 1 heterocycles. The molecule has 3 nitrogen and oxygen atoms in total. The van der Waals surface area contributed by atoms with Gasteiger partial charge < -0.3 is 5.11 Å². The van der Waals surface area contributed by atoms with Crippen molar-refractivity contribution in [3.8, 4) is 0 Å². The fraction of sp³-hybridized carbons (Fsp3) is 0.684. The number of alkyl halides is 3. The predicted octanol–water partition coefficient (Wildman–Crippen LogP) is 3.52. The number of halogens is 3. The number of rotatable bonds is 5. The van der Waals surface area contributed by atoms with Crippen molar-refractivity contribution >= 4 is 0 Å². The minimum atomic E-state index is -4.30. The molecule has 140 valence electrons. The summed E-state index contributed by atoms with van der Waals surface area (Å²) in [5, 5.41) is 9.41. The third-order valence-electron chi connectivity index (χ3n) is 5.53. The maximum absolute atomic E-state index is 12.9. The summed E-state index contributed by atoms with van der Waals surface area (Å²) in [4.78, 5) is 4.76. The van der Waals surface area contributed by atoms with Crippen LogP contribution in [-0.4, -0.2) is 53.2 Å². The van der Waals surface area contributed by atoms with E-state index in [-0.39, 0.29) is 6.61 Å². The van der Waals surface area contributed by atoms with Crippen LogP contribution in [0.4, 0.5) is 13.2 Å². The van der Waals surface area contributed by atoms with Crippen molar-refractivity contribution in [2.75, 3.05) is 26.2 Å². The Morgan fingerprint density at radius 2 is 1.88 bits per heavy atom. The predicted molar refractivity (Wildman–Crippen MR) is 91.2 cm³/mol. The summed E-state index contributed by atoms with van der Waals surface area (Å²) < 4.78 is 38.7. The average molecular weight is 356 g/mol. The van der Waals surface area contributed by atoms with Crippen LogP contribution in [0.15, 0.2) is 24.3 Å². The summed E-state index contributed by atoms with van der Waals surface area (Å²) in [5.74, 6) is 0. The van der Waals surface area contributed by atoms with Crippen LogP contribution in [0.25, 0.3) is 0 Å². The first-order chi connectivity index (χ1) is 12.0. The Morgan fingerprint density at radius 1 is 1.12 bits per heavy atom. The van der Waals surface area contributed by atoms with Crippen molar-refractivity contribution < 1.29 is 18.3 Å². The third kappa shape index (κ3) is 4.74. The van der Waals surface area contributed by atoms with Crippen molar-refractivity contribution in [2.24, 2.45) is 0 Å². The summed E-state index contributed by atoms with van der Waals surface area (Å²) in [5.41, 5.74) is 0.119. The molecule has 2 fully saturated rings. The molecule has 0 bridgehead atoms. The Bertz CT molecular complexity index is 558. The largest absolute Gasteiger partial charge is 0.416 e. The average Bonchev–Trinajstić information content (AvgIpc) is 3.09. The van der Waals surface area contributed by atoms with Gasteiger partial charge in [0, 0.05) is 44.9 Å². The molecule has 0 spiro atoms. The fourth-order valence-corrected chi connectivity index (χ4v) is 4.30. The van der Waals surface area contributed by atoms with Gasteiger partial charge in [0.25, 0.3) is 0 Å². The molecule has 2 aliphatic rings. The second-order valence-electron chi connectivity index (χ2n) is 7.28. The summed E-state index contributed by atoms with van der Waals surface area (Å²) in [6.07, 6.45) is 1.46. The van der Waals surface area contributed by atoms with Crippen molar-refractivity contribution in [1.82, 2.24) is 9.80 Å². The lowest BCUT2D eigenvalue weighted by molar-refractivity contribution is -0.137. The molecule has 1 aromatic carbocycles. The first-order valence-electron chi connectivity index (χ1n) is 9.22. The molecule has 25 heavy (non-hydrogen) atoms. The molecule has 6 heteroatoms. The highest BCUT2D eigenvalue weighted by atomic mass is 19.4. The van der Waals surface area contributed by atoms with E-state index in [1.165, 1.54) is 37.8 Å². The van der Waals surface area contributed by atoms with Gasteiger partial charge in [-0.3, -0.25) is 9.80 Å². The van der Waals surface area contributed by atoms with Gasteiger partial charge in [0.05, 0.1) is 5.56 Å². The number of benzene rings is 1. The molecule has 1 aromatic rings. The van der Waals surface area contributed by atoms with E-state index in [0.29, 0.717) is 24.2 Å². The first-order valence-corrected chi connectivity index (χ1v) is 9.22. The molecule has 1 atom stereocenters. The Morgan fingerprint density at radius 3 is 2.56 bits per heavy atom. The smallest absolute Gasteiger partial charge is 0.396 e. The third-order valence-corrected chi connectivity index (χ3v) is 5.53. The Balaban J connectivity index is 1.64. The van der Waals surface area contributed by atoms with Crippen molar-refractivity contribution in [3.63, 3.8) is 0 Å². The molecule has 3 rings (SSSR count). The van der Waals surface area contributed by atoms with Crippen molar-refractivity contribution in [3.05, 3.63) is 35.4 Å². The Labute approximate surface area is 147 Å². The summed E-state index contributed by atoms with van der Waals surface area (Å²) in [6.45, 7) is 3.31. The SMILES string of the molecule is OCCC1CN(Cc2cccc(C(F)(F)F)c2)CCN1C1CCCC1. The molecule has 1 unspecified atom stereocenters. The molecule has 0 amide bonds. The van der Waals surface area contributed by atoms with Gasteiger partial charge in [-0.15, -0.1) is 0 Å². The number of aliphatic hydroxyl groups is 1. The van der Waals surface area contributed by atoms with Crippen LogP contribution in [0.3, 0.4) is 0 Å². The van der Waals surface area contributed by atoms with Gasteiger partial charge in [0.2, 0.25) is 0 Å². The lowest BCUT2D eigenvalue weighted by Gasteiger charge is -2.44. The van der Waals surface area contributed by atoms with Gasteiger partial charge >= 0.3 is 6.18 Å². The molecule has 1 aliphatic carbocycles. The topological polar surface area (TPSA) is 26.7 Å². The van der Waals surface area contributed by atoms with Gasteiger partial charge in [0.15, 0.2) is 0 Å². The quantitative estimate of drug-likeness (QED) is 0.875. The highest BCUT2D eigenvalue weighted by Gasteiger charge is 2.33. The summed E-state index contributed by atoms with van der Waals surface area (Å²) >= 11 is 0. The van der Waals surface area contributed by atoms with E-state index in [2.05, 4.69) is 9.80 Å². The van der Waals surface area contributed by atoms with Gasteiger partial charge in [-0.1, -0.05) is 31.0 Å².